The summed E-state index contributed by atoms with van der Waals surface area (Å²) in [5.74, 6) is 0.680. The number of rotatable bonds is 7. The summed E-state index contributed by atoms with van der Waals surface area (Å²) in [5.41, 5.74) is 3.13. The lowest BCUT2D eigenvalue weighted by Crippen LogP contribution is -2.32. The Morgan fingerprint density at radius 2 is 1.62 bits per heavy atom. The predicted molar refractivity (Wildman–Crippen MR) is 152 cm³/mol. The van der Waals surface area contributed by atoms with Gasteiger partial charge in [0.25, 0.3) is 11.5 Å². The summed E-state index contributed by atoms with van der Waals surface area (Å²) in [5, 5.41) is 12.8. The topological polar surface area (TPSA) is 103 Å². The van der Waals surface area contributed by atoms with Gasteiger partial charge in [-0.1, -0.05) is 29.8 Å². The average molecular weight is 542 g/mol. The zero-order valence-corrected chi connectivity index (χ0v) is 23.0. The molecular formula is C30H27N3O5S. The molecule has 0 aliphatic heterocycles. The number of aromatic nitrogens is 1. The number of hydrogen-bond donors (Lipinski definition) is 1. The second-order valence-corrected chi connectivity index (χ2v) is 9.69. The van der Waals surface area contributed by atoms with Crippen molar-refractivity contribution < 1.29 is 19.0 Å². The predicted octanol–water partition coefficient (Wildman–Crippen LogP) is 3.68. The zero-order valence-electron chi connectivity index (χ0n) is 22.2. The van der Waals surface area contributed by atoms with Crippen molar-refractivity contribution in [2.75, 3.05) is 26.6 Å². The Hall–Kier alpha value is -4.81. The van der Waals surface area contributed by atoms with Gasteiger partial charge in [0.05, 0.1) is 31.5 Å². The Bertz CT molecular complexity index is 1740. The number of carbonyl (C=O) groups is 1. The van der Waals surface area contributed by atoms with Crippen molar-refractivity contribution in [2.24, 2.45) is 0 Å². The van der Waals surface area contributed by atoms with Crippen molar-refractivity contribution in [3.63, 3.8) is 0 Å². The third kappa shape index (κ3) is 5.71. The number of carbonyl (C=O) groups excluding carboxylic acids is 1. The summed E-state index contributed by atoms with van der Waals surface area (Å²) in [7, 11) is 4.53. The van der Waals surface area contributed by atoms with Crippen molar-refractivity contribution in [3.8, 4) is 29.0 Å². The van der Waals surface area contributed by atoms with Crippen LogP contribution in [-0.4, -0.2) is 31.8 Å². The molecule has 1 N–H and O–H groups in total. The van der Waals surface area contributed by atoms with E-state index in [-0.39, 0.29) is 15.8 Å². The van der Waals surface area contributed by atoms with Crippen LogP contribution in [0.15, 0.2) is 65.5 Å². The van der Waals surface area contributed by atoms with Crippen LogP contribution >= 0.6 is 11.3 Å². The van der Waals surface area contributed by atoms with Gasteiger partial charge in [0.1, 0.15) is 10.7 Å². The monoisotopic (exact) mass is 541 g/mol. The molecule has 0 fully saturated rings. The van der Waals surface area contributed by atoms with Crippen LogP contribution in [0.3, 0.4) is 0 Å². The molecule has 1 heterocycles. The van der Waals surface area contributed by atoms with Crippen LogP contribution in [0.1, 0.15) is 16.7 Å². The molecule has 0 unspecified atom stereocenters. The van der Waals surface area contributed by atoms with E-state index in [0.717, 1.165) is 22.5 Å². The van der Waals surface area contributed by atoms with Crippen LogP contribution in [0, 0.1) is 25.2 Å². The minimum absolute atomic E-state index is 0.177. The highest BCUT2D eigenvalue weighted by Crippen LogP contribution is 2.38. The van der Waals surface area contributed by atoms with Gasteiger partial charge < -0.3 is 19.5 Å². The summed E-state index contributed by atoms with van der Waals surface area (Å²) in [6.07, 6.45) is 1.67. The molecule has 1 aromatic heterocycles. The molecule has 0 aliphatic rings. The SMILES string of the molecule is COc1cc(/C=c2/s/c(=C(\C#N)C(=O)Nc3cccc(C)c3)n(-c3ccc(C)cc3)c2=O)cc(OC)c1OC. The van der Waals surface area contributed by atoms with Gasteiger partial charge in [-0.2, -0.15) is 5.26 Å². The Kier molecular flexibility index (Phi) is 8.18. The fraction of sp³-hybridized carbons (Fsp3) is 0.167. The zero-order chi connectivity index (χ0) is 28.1. The van der Waals surface area contributed by atoms with Crippen LogP contribution in [0.25, 0.3) is 17.3 Å². The number of ether oxygens (including phenoxy) is 3. The molecule has 0 aliphatic carbocycles. The van der Waals surface area contributed by atoms with Gasteiger partial charge >= 0.3 is 0 Å². The maximum Gasteiger partial charge on any atom is 0.273 e. The largest absolute Gasteiger partial charge is 0.493 e. The van der Waals surface area contributed by atoms with E-state index >= 15 is 0 Å². The third-order valence-corrected chi connectivity index (χ3v) is 7.02. The smallest absolute Gasteiger partial charge is 0.273 e. The molecule has 0 spiro atoms. The average Bonchev–Trinajstić information content (AvgIpc) is 3.23. The highest BCUT2D eigenvalue weighted by Gasteiger charge is 2.18. The maximum atomic E-state index is 13.8. The molecule has 0 radical (unpaired) electrons. The fourth-order valence-electron chi connectivity index (χ4n) is 4.03. The van der Waals surface area contributed by atoms with E-state index in [1.807, 2.05) is 44.2 Å². The first-order valence-electron chi connectivity index (χ1n) is 11.9. The van der Waals surface area contributed by atoms with E-state index in [2.05, 4.69) is 5.32 Å². The number of nitrogens with zero attached hydrogens (tertiary/aromatic N) is 2. The van der Waals surface area contributed by atoms with E-state index < -0.39 is 5.91 Å². The Morgan fingerprint density at radius 1 is 0.949 bits per heavy atom. The Morgan fingerprint density at radius 3 is 2.18 bits per heavy atom. The summed E-state index contributed by atoms with van der Waals surface area (Å²) < 4.78 is 18.2. The van der Waals surface area contributed by atoms with Crippen LogP contribution in [-0.2, 0) is 4.79 Å². The molecule has 0 saturated heterocycles. The molecule has 0 atom stereocenters. The second-order valence-electron chi connectivity index (χ2n) is 8.66. The summed E-state index contributed by atoms with van der Waals surface area (Å²) >= 11 is 1.05. The van der Waals surface area contributed by atoms with E-state index in [1.54, 1.807) is 42.5 Å². The molecule has 39 heavy (non-hydrogen) atoms. The molecule has 1 amide bonds. The van der Waals surface area contributed by atoms with Crippen LogP contribution < -0.4 is 34.3 Å². The first-order chi connectivity index (χ1) is 18.8. The molecular weight excluding hydrogens is 514 g/mol. The van der Waals surface area contributed by atoms with Crippen LogP contribution in [0.2, 0.25) is 0 Å². The quantitative estimate of drug-likeness (QED) is 0.383. The highest BCUT2D eigenvalue weighted by molar-refractivity contribution is 7.07. The third-order valence-electron chi connectivity index (χ3n) is 5.93. The number of nitrogens with one attached hydrogen (secondary N) is 1. The fourth-order valence-corrected chi connectivity index (χ4v) is 5.13. The van der Waals surface area contributed by atoms with Gasteiger partial charge in [-0.3, -0.25) is 14.2 Å². The standard InChI is InChI=1S/C30H27N3O5S/c1-18-9-11-22(12-10-18)33-29(35)26(16-20-14-24(36-3)27(38-5)25(15-20)37-4)39-30(33)23(17-31)28(34)32-21-8-6-7-19(2)13-21/h6-16H,1-5H3,(H,32,34)/b26-16+,30-23+. The summed E-state index contributed by atoms with van der Waals surface area (Å²) in [6, 6.07) is 20.0. The normalized spacial score (nSPS) is 11.9. The minimum Gasteiger partial charge on any atom is -0.493 e. The molecule has 4 aromatic rings. The van der Waals surface area contributed by atoms with Crippen molar-refractivity contribution in [1.29, 1.82) is 5.26 Å². The van der Waals surface area contributed by atoms with Gasteiger partial charge in [0.15, 0.2) is 17.1 Å². The van der Waals surface area contributed by atoms with Crippen LogP contribution in [0.4, 0.5) is 5.69 Å². The van der Waals surface area contributed by atoms with E-state index in [1.165, 1.54) is 25.9 Å². The molecule has 0 saturated carbocycles. The van der Waals surface area contributed by atoms with Gasteiger partial charge in [0, 0.05) is 5.69 Å². The number of amides is 1. The van der Waals surface area contributed by atoms with E-state index in [9.17, 15) is 14.9 Å². The first-order valence-corrected chi connectivity index (χ1v) is 12.7. The van der Waals surface area contributed by atoms with Gasteiger partial charge in [0.2, 0.25) is 5.75 Å². The molecule has 3 aromatic carbocycles. The Balaban J connectivity index is 1.98. The lowest BCUT2D eigenvalue weighted by Gasteiger charge is -2.12. The van der Waals surface area contributed by atoms with Crippen molar-refractivity contribution in [1.82, 2.24) is 4.57 Å². The number of benzene rings is 3. The van der Waals surface area contributed by atoms with Crippen molar-refractivity contribution in [2.45, 2.75) is 13.8 Å². The molecule has 9 heteroatoms. The first kappa shape index (κ1) is 27.2. The number of thiazole rings is 1. The number of anilines is 1. The van der Waals surface area contributed by atoms with Gasteiger partial charge in [-0.05, 0) is 67.4 Å². The molecule has 8 nitrogen and oxygen atoms in total. The van der Waals surface area contributed by atoms with E-state index in [4.69, 9.17) is 14.2 Å². The maximum absolute atomic E-state index is 13.8. The van der Waals surface area contributed by atoms with Gasteiger partial charge in [-0.15, -0.1) is 11.3 Å². The van der Waals surface area contributed by atoms with Crippen molar-refractivity contribution >= 4 is 34.6 Å². The molecule has 0 bridgehead atoms. The molecule has 4 rings (SSSR count). The second kappa shape index (κ2) is 11.7. The van der Waals surface area contributed by atoms with Crippen molar-refractivity contribution in [3.05, 3.63) is 96.9 Å². The lowest BCUT2D eigenvalue weighted by atomic mass is 10.1. The van der Waals surface area contributed by atoms with Crippen LogP contribution in [0.5, 0.6) is 17.2 Å². The number of nitriles is 1. The Labute approximate surface area is 229 Å². The number of hydrogen-bond acceptors (Lipinski definition) is 7. The summed E-state index contributed by atoms with van der Waals surface area (Å²) in [4.78, 5) is 27.0. The lowest BCUT2D eigenvalue weighted by molar-refractivity contribution is -0.111. The van der Waals surface area contributed by atoms with E-state index in [0.29, 0.717) is 38.7 Å². The summed E-state index contributed by atoms with van der Waals surface area (Å²) in [6.45, 7) is 3.84. The highest BCUT2D eigenvalue weighted by atomic mass is 32.1. The minimum atomic E-state index is -0.607. The number of methoxy groups -OCH3 is 3. The number of aryl methyl sites for hydroxylation is 2. The van der Waals surface area contributed by atoms with Gasteiger partial charge in [-0.25, -0.2) is 0 Å². The molecule has 198 valence electrons.